The van der Waals surface area contributed by atoms with Gasteiger partial charge >= 0.3 is 0 Å². The summed E-state index contributed by atoms with van der Waals surface area (Å²) in [6, 6.07) is 7.82. The Morgan fingerprint density at radius 2 is 2.25 bits per heavy atom. The van der Waals surface area contributed by atoms with E-state index in [4.69, 9.17) is 5.26 Å². The lowest BCUT2D eigenvalue weighted by atomic mass is 10.1. The second-order valence-electron chi connectivity index (χ2n) is 3.66. The van der Waals surface area contributed by atoms with Gasteiger partial charge in [0.2, 0.25) is 5.91 Å². The summed E-state index contributed by atoms with van der Waals surface area (Å²) in [6.45, 7) is 2.54. The zero-order valence-corrected chi connectivity index (χ0v) is 10.9. The van der Waals surface area contributed by atoms with Crippen molar-refractivity contribution < 1.29 is 4.79 Å². The van der Waals surface area contributed by atoms with Crippen molar-refractivity contribution in [1.29, 1.82) is 5.26 Å². The van der Waals surface area contributed by atoms with Crippen LogP contribution in [0.25, 0.3) is 0 Å². The Labute approximate surface area is 104 Å². The maximum absolute atomic E-state index is 11.4. The molecule has 1 amide bonds. The lowest BCUT2D eigenvalue weighted by Crippen LogP contribution is -2.25. The fourth-order valence-electron chi connectivity index (χ4n) is 1.36. The summed E-state index contributed by atoms with van der Waals surface area (Å²) in [7, 11) is 1.71. The van der Waals surface area contributed by atoms with Crippen LogP contribution in [0.4, 0.5) is 0 Å². The number of halogens is 1. The number of hydrogen-bond acceptors (Lipinski definition) is 2. The van der Waals surface area contributed by atoms with E-state index in [0.29, 0.717) is 6.54 Å². The highest BCUT2D eigenvalue weighted by Gasteiger charge is 2.09. The van der Waals surface area contributed by atoms with Gasteiger partial charge in [-0.25, -0.2) is 0 Å². The highest BCUT2D eigenvalue weighted by Crippen LogP contribution is 2.17. The van der Waals surface area contributed by atoms with Gasteiger partial charge in [0.25, 0.3) is 0 Å². The van der Waals surface area contributed by atoms with Crippen molar-refractivity contribution in [3.05, 3.63) is 33.8 Å². The molecule has 1 rings (SSSR count). The van der Waals surface area contributed by atoms with Crippen molar-refractivity contribution in [1.82, 2.24) is 4.90 Å². The minimum Gasteiger partial charge on any atom is -0.341 e. The molecule has 4 heteroatoms. The molecule has 3 nitrogen and oxygen atoms in total. The van der Waals surface area contributed by atoms with Crippen LogP contribution < -0.4 is 0 Å². The maximum Gasteiger partial charge on any atom is 0.236 e. The summed E-state index contributed by atoms with van der Waals surface area (Å²) in [4.78, 5) is 13.0. The third-order valence-electron chi connectivity index (χ3n) is 2.37. The SMILES string of the molecule is Cc1ccc(Br)cc1CN(C)C(=O)CC#N. The van der Waals surface area contributed by atoms with Crippen LogP contribution in [0.1, 0.15) is 17.5 Å². The van der Waals surface area contributed by atoms with Crippen LogP contribution in [0, 0.1) is 18.3 Å². The minimum absolute atomic E-state index is 0.0659. The molecule has 0 aliphatic heterocycles. The van der Waals surface area contributed by atoms with Gasteiger partial charge in [0.15, 0.2) is 0 Å². The molecule has 0 N–H and O–H groups in total. The van der Waals surface area contributed by atoms with E-state index in [0.717, 1.165) is 15.6 Å². The first kappa shape index (κ1) is 12.7. The Morgan fingerprint density at radius 1 is 1.56 bits per heavy atom. The molecule has 0 heterocycles. The van der Waals surface area contributed by atoms with E-state index in [1.54, 1.807) is 11.9 Å². The van der Waals surface area contributed by atoms with Gasteiger partial charge in [0.1, 0.15) is 6.42 Å². The monoisotopic (exact) mass is 280 g/mol. The Hall–Kier alpha value is -1.34. The van der Waals surface area contributed by atoms with Crippen LogP contribution in [0.15, 0.2) is 22.7 Å². The summed E-state index contributed by atoms with van der Waals surface area (Å²) in [6.07, 6.45) is -0.0659. The van der Waals surface area contributed by atoms with E-state index in [9.17, 15) is 4.79 Å². The summed E-state index contributed by atoms with van der Waals surface area (Å²) in [5.41, 5.74) is 2.22. The van der Waals surface area contributed by atoms with E-state index in [2.05, 4.69) is 15.9 Å². The Balaban J connectivity index is 2.77. The van der Waals surface area contributed by atoms with E-state index >= 15 is 0 Å². The van der Waals surface area contributed by atoms with Gasteiger partial charge in [0, 0.05) is 18.1 Å². The molecule has 16 heavy (non-hydrogen) atoms. The Bertz CT molecular complexity index is 437. The second-order valence-corrected chi connectivity index (χ2v) is 4.57. The van der Waals surface area contributed by atoms with Crippen LogP contribution in [0.3, 0.4) is 0 Å². The summed E-state index contributed by atoms with van der Waals surface area (Å²) >= 11 is 3.40. The number of hydrogen-bond donors (Lipinski definition) is 0. The molecule has 0 aromatic heterocycles. The minimum atomic E-state index is -0.151. The standard InChI is InChI=1S/C12H13BrN2O/c1-9-3-4-11(13)7-10(9)8-15(2)12(16)5-6-14/h3-4,7H,5,8H2,1-2H3. The first-order valence-corrected chi connectivity index (χ1v) is 5.70. The third-order valence-corrected chi connectivity index (χ3v) is 2.87. The molecular formula is C12H13BrN2O. The van der Waals surface area contributed by atoms with Crippen molar-refractivity contribution in [2.75, 3.05) is 7.05 Å². The molecule has 1 aromatic carbocycles. The molecule has 0 radical (unpaired) electrons. The van der Waals surface area contributed by atoms with Crippen molar-refractivity contribution >= 4 is 21.8 Å². The largest absolute Gasteiger partial charge is 0.341 e. The molecule has 0 spiro atoms. The predicted molar refractivity (Wildman–Crippen MR) is 65.6 cm³/mol. The number of nitriles is 1. The van der Waals surface area contributed by atoms with Crippen molar-refractivity contribution in [2.24, 2.45) is 0 Å². The van der Waals surface area contributed by atoms with E-state index in [1.165, 1.54) is 0 Å². The number of carbonyl (C=O) groups excluding carboxylic acids is 1. The van der Waals surface area contributed by atoms with Gasteiger partial charge in [-0.1, -0.05) is 22.0 Å². The quantitative estimate of drug-likeness (QED) is 0.854. The van der Waals surface area contributed by atoms with Gasteiger partial charge in [-0.15, -0.1) is 0 Å². The average Bonchev–Trinajstić information content (AvgIpc) is 2.23. The molecular weight excluding hydrogens is 268 g/mol. The Kier molecular flexibility index (Phi) is 4.51. The van der Waals surface area contributed by atoms with Crippen LogP contribution >= 0.6 is 15.9 Å². The molecule has 0 saturated carbocycles. The summed E-state index contributed by atoms with van der Waals surface area (Å²) in [5, 5.41) is 8.45. The van der Waals surface area contributed by atoms with E-state index in [1.807, 2.05) is 31.2 Å². The smallest absolute Gasteiger partial charge is 0.236 e. The van der Waals surface area contributed by atoms with Crippen LogP contribution in [0.2, 0.25) is 0 Å². The van der Waals surface area contributed by atoms with Crippen molar-refractivity contribution in [3.63, 3.8) is 0 Å². The zero-order valence-electron chi connectivity index (χ0n) is 9.33. The lowest BCUT2D eigenvalue weighted by molar-refractivity contribution is -0.129. The summed E-state index contributed by atoms with van der Waals surface area (Å²) < 4.78 is 0.995. The normalized spacial score (nSPS) is 9.62. The third kappa shape index (κ3) is 3.35. The highest BCUT2D eigenvalue weighted by molar-refractivity contribution is 9.10. The van der Waals surface area contributed by atoms with Crippen molar-refractivity contribution in [3.8, 4) is 6.07 Å². The Morgan fingerprint density at radius 3 is 2.88 bits per heavy atom. The van der Waals surface area contributed by atoms with Gasteiger partial charge < -0.3 is 4.90 Å². The van der Waals surface area contributed by atoms with Crippen molar-refractivity contribution in [2.45, 2.75) is 19.9 Å². The van der Waals surface area contributed by atoms with Crippen LogP contribution in [0.5, 0.6) is 0 Å². The number of benzene rings is 1. The predicted octanol–water partition coefficient (Wildman–Crippen LogP) is 2.63. The highest BCUT2D eigenvalue weighted by atomic mass is 79.9. The molecule has 0 saturated heterocycles. The fourth-order valence-corrected chi connectivity index (χ4v) is 1.77. The molecule has 0 aliphatic rings. The van der Waals surface area contributed by atoms with Crippen LogP contribution in [-0.2, 0) is 11.3 Å². The first-order valence-electron chi connectivity index (χ1n) is 4.90. The number of aryl methyl sites for hydroxylation is 1. The maximum atomic E-state index is 11.4. The molecule has 1 aromatic rings. The topological polar surface area (TPSA) is 44.1 Å². The second kappa shape index (κ2) is 5.66. The van der Waals surface area contributed by atoms with Gasteiger partial charge in [0.05, 0.1) is 6.07 Å². The zero-order chi connectivity index (χ0) is 12.1. The molecule has 0 aliphatic carbocycles. The summed E-state index contributed by atoms with van der Waals surface area (Å²) in [5.74, 6) is -0.151. The van der Waals surface area contributed by atoms with E-state index < -0.39 is 0 Å². The first-order chi connectivity index (χ1) is 7.54. The number of nitrogens with zero attached hydrogens (tertiary/aromatic N) is 2. The molecule has 0 atom stereocenters. The molecule has 0 bridgehead atoms. The number of rotatable bonds is 3. The van der Waals surface area contributed by atoms with Gasteiger partial charge in [-0.2, -0.15) is 5.26 Å². The van der Waals surface area contributed by atoms with Gasteiger partial charge in [-0.05, 0) is 30.2 Å². The van der Waals surface area contributed by atoms with Gasteiger partial charge in [-0.3, -0.25) is 4.79 Å². The van der Waals surface area contributed by atoms with Crippen LogP contribution in [-0.4, -0.2) is 17.9 Å². The number of amides is 1. The average molecular weight is 281 g/mol. The molecule has 0 fully saturated rings. The number of carbonyl (C=O) groups is 1. The fraction of sp³-hybridized carbons (Fsp3) is 0.333. The van der Waals surface area contributed by atoms with E-state index in [-0.39, 0.29) is 12.3 Å². The lowest BCUT2D eigenvalue weighted by Gasteiger charge is -2.17. The molecule has 0 unspecified atom stereocenters. The molecule has 84 valence electrons.